The topological polar surface area (TPSA) is 63.1 Å². The molecule has 0 radical (unpaired) electrons. The van der Waals surface area contributed by atoms with Crippen LogP contribution in [0.3, 0.4) is 0 Å². The Bertz CT molecular complexity index is 1300. The quantitative estimate of drug-likeness (QED) is 0.607. The van der Waals surface area contributed by atoms with E-state index in [-0.39, 0.29) is 16.6 Å². The zero-order valence-electron chi connectivity index (χ0n) is 19.0. The van der Waals surface area contributed by atoms with Crippen LogP contribution in [0.15, 0.2) is 35.1 Å². The van der Waals surface area contributed by atoms with Gasteiger partial charge in [0.1, 0.15) is 23.0 Å². The number of pyridine rings is 1. The fourth-order valence-electron chi connectivity index (χ4n) is 4.16. The van der Waals surface area contributed by atoms with Crippen molar-refractivity contribution in [1.29, 1.82) is 0 Å². The number of benzene rings is 1. The average molecular weight is 458 g/mol. The Morgan fingerprint density at radius 1 is 1.15 bits per heavy atom. The van der Waals surface area contributed by atoms with Crippen LogP contribution >= 0.6 is 0 Å². The van der Waals surface area contributed by atoms with E-state index < -0.39 is 23.8 Å². The molecule has 0 fully saturated rings. The van der Waals surface area contributed by atoms with Crippen molar-refractivity contribution in [3.8, 4) is 0 Å². The Labute approximate surface area is 189 Å². The second-order valence-electron chi connectivity index (χ2n) is 8.43. The summed E-state index contributed by atoms with van der Waals surface area (Å²) in [4.78, 5) is 24.1. The van der Waals surface area contributed by atoms with Gasteiger partial charge < -0.3 is 14.8 Å². The number of anilines is 1. The molecule has 0 saturated heterocycles. The van der Waals surface area contributed by atoms with Gasteiger partial charge in [-0.15, -0.1) is 0 Å². The summed E-state index contributed by atoms with van der Waals surface area (Å²) in [6.07, 6.45) is -0.0138. The standard InChI is InChI=1S/C24H26F3N5O/c1-13(16-6-5-7-17(20(16)25)22(26)27)28-23-18-12-19(15-8-10-31(3)11-9-15)32(4)24(33)21(18)29-14(2)30-23/h5-8,12-13,22H,9-11H2,1-4H3,(H,28,29,30)/t13-/m1/s1. The summed E-state index contributed by atoms with van der Waals surface area (Å²) in [6.45, 7) is 5.00. The number of aromatic nitrogens is 3. The number of aryl methyl sites for hydroxylation is 1. The molecule has 3 heterocycles. The predicted molar refractivity (Wildman–Crippen MR) is 123 cm³/mol. The Hall–Kier alpha value is -3.20. The summed E-state index contributed by atoms with van der Waals surface area (Å²) in [5.41, 5.74) is 1.28. The van der Waals surface area contributed by atoms with Gasteiger partial charge in [0.15, 0.2) is 0 Å². The Morgan fingerprint density at radius 2 is 1.88 bits per heavy atom. The van der Waals surface area contributed by atoms with Gasteiger partial charge in [-0.1, -0.05) is 24.3 Å². The lowest BCUT2D eigenvalue weighted by atomic mass is 10.0. The second kappa shape index (κ2) is 8.97. The van der Waals surface area contributed by atoms with Gasteiger partial charge in [0.2, 0.25) is 0 Å². The molecule has 33 heavy (non-hydrogen) atoms. The van der Waals surface area contributed by atoms with Crippen molar-refractivity contribution in [2.45, 2.75) is 32.7 Å². The van der Waals surface area contributed by atoms with Crippen LogP contribution in [-0.4, -0.2) is 39.6 Å². The lowest BCUT2D eigenvalue weighted by Gasteiger charge is -2.24. The number of rotatable bonds is 5. The molecule has 1 atom stereocenters. The smallest absolute Gasteiger partial charge is 0.277 e. The molecular weight excluding hydrogens is 431 g/mol. The van der Waals surface area contributed by atoms with Gasteiger partial charge in [-0.3, -0.25) is 4.79 Å². The number of alkyl halides is 2. The second-order valence-corrected chi connectivity index (χ2v) is 8.43. The van der Waals surface area contributed by atoms with Crippen LogP contribution in [0.4, 0.5) is 19.0 Å². The average Bonchev–Trinajstić information content (AvgIpc) is 2.77. The van der Waals surface area contributed by atoms with Gasteiger partial charge in [-0.05, 0) is 39.0 Å². The Balaban J connectivity index is 1.81. The molecule has 0 unspecified atom stereocenters. The minimum atomic E-state index is -2.91. The fourth-order valence-corrected chi connectivity index (χ4v) is 4.16. The van der Waals surface area contributed by atoms with Gasteiger partial charge in [0.25, 0.3) is 12.0 Å². The summed E-state index contributed by atoms with van der Waals surface area (Å²) in [5.74, 6) is -0.211. The van der Waals surface area contributed by atoms with Gasteiger partial charge in [0.05, 0.1) is 17.0 Å². The number of nitrogens with zero attached hydrogens (tertiary/aromatic N) is 4. The highest BCUT2D eigenvalue weighted by Gasteiger charge is 2.22. The minimum absolute atomic E-state index is 0.0966. The molecule has 1 N–H and O–H groups in total. The van der Waals surface area contributed by atoms with Crippen molar-refractivity contribution in [2.75, 3.05) is 25.5 Å². The molecule has 2 aromatic heterocycles. The number of hydrogen-bond acceptors (Lipinski definition) is 5. The highest BCUT2D eigenvalue weighted by atomic mass is 19.3. The van der Waals surface area contributed by atoms with Gasteiger partial charge in [-0.2, -0.15) is 0 Å². The van der Waals surface area contributed by atoms with E-state index in [0.717, 1.165) is 36.8 Å². The van der Waals surface area contributed by atoms with E-state index >= 15 is 0 Å². The van der Waals surface area contributed by atoms with Crippen molar-refractivity contribution in [3.63, 3.8) is 0 Å². The minimum Gasteiger partial charge on any atom is -0.363 e. The Kier molecular flexibility index (Phi) is 6.25. The molecule has 1 aliphatic heterocycles. The first kappa shape index (κ1) is 23.0. The van der Waals surface area contributed by atoms with Crippen molar-refractivity contribution >= 4 is 22.3 Å². The molecule has 0 saturated carbocycles. The first-order chi connectivity index (χ1) is 15.7. The lowest BCUT2D eigenvalue weighted by Crippen LogP contribution is -2.27. The first-order valence-corrected chi connectivity index (χ1v) is 10.8. The molecule has 6 nitrogen and oxygen atoms in total. The van der Waals surface area contributed by atoms with E-state index in [0.29, 0.717) is 17.0 Å². The van der Waals surface area contributed by atoms with E-state index in [2.05, 4.69) is 26.3 Å². The maximum absolute atomic E-state index is 14.7. The van der Waals surface area contributed by atoms with E-state index in [1.54, 1.807) is 25.5 Å². The van der Waals surface area contributed by atoms with Crippen molar-refractivity contribution in [2.24, 2.45) is 7.05 Å². The summed E-state index contributed by atoms with van der Waals surface area (Å²) in [5, 5.41) is 3.63. The molecule has 1 aromatic carbocycles. The van der Waals surface area contributed by atoms with Gasteiger partial charge in [0, 0.05) is 31.4 Å². The van der Waals surface area contributed by atoms with E-state index in [4.69, 9.17) is 0 Å². The normalized spacial score (nSPS) is 15.7. The molecule has 0 aliphatic carbocycles. The summed E-state index contributed by atoms with van der Waals surface area (Å²) in [6, 6.07) is 5.14. The van der Waals surface area contributed by atoms with Crippen LogP contribution in [0.1, 0.15) is 48.5 Å². The number of halogens is 3. The zero-order chi connectivity index (χ0) is 23.9. The number of likely N-dealkylation sites (N-methyl/N-ethyl adjacent to an activating group) is 1. The summed E-state index contributed by atoms with van der Waals surface area (Å²) < 4.78 is 42.6. The van der Waals surface area contributed by atoms with Crippen LogP contribution in [0.2, 0.25) is 0 Å². The van der Waals surface area contributed by atoms with Crippen LogP contribution < -0.4 is 10.9 Å². The molecule has 174 valence electrons. The van der Waals surface area contributed by atoms with Crippen LogP contribution in [0, 0.1) is 12.7 Å². The third-order valence-electron chi connectivity index (χ3n) is 6.06. The molecule has 4 rings (SSSR count). The van der Waals surface area contributed by atoms with Gasteiger partial charge >= 0.3 is 0 Å². The summed E-state index contributed by atoms with van der Waals surface area (Å²) >= 11 is 0. The highest BCUT2D eigenvalue weighted by molar-refractivity contribution is 5.91. The third kappa shape index (κ3) is 4.37. The molecule has 1 aliphatic rings. The fraction of sp³-hybridized carbons (Fsp3) is 0.375. The number of fused-ring (bicyclic) bond motifs is 1. The van der Waals surface area contributed by atoms with Crippen LogP contribution in [0.5, 0.6) is 0 Å². The largest absolute Gasteiger partial charge is 0.363 e. The van der Waals surface area contributed by atoms with Crippen LogP contribution in [-0.2, 0) is 7.05 Å². The number of hydrogen-bond donors (Lipinski definition) is 1. The molecule has 0 amide bonds. The van der Waals surface area contributed by atoms with Crippen molar-refractivity contribution in [1.82, 2.24) is 19.4 Å². The first-order valence-electron chi connectivity index (χ1n) is 10.8. The van der Waals surface area contributed by atoms with Crippen LogP contribution in [0.25, 0.3) is 16.5 Å². The van der Waals surface area contributed by atoms with E-state index in [9.17, 15) is 18.0 Å². The maximum atomic E-state index is 14.7. The van der Waals surface area contributed by atoms with Crippen molar-refractivity contribution < 1.29 is 13.2 Å². The zero-order valence-corrected chi connectivity index (χ0v) is 19.0. The molecule has 0 bridgehead atoms. The molecular formula is C24H26F3N5O. The maximum Gasteiger partial charge on any atom is 0.277 e. The number of nitrogens with one attached hydrogen (secondary N) is 1. The third-order valence-corrected chi connectivity index (χ3v) is 6.06. The molecule has 3 aromatic rings. The lowest BCUT2D eigenvalue weighted by molar-refractivity contribution is 0.146. The highest BCUT2D eigenvalue weighted by Crippen LogP contribution is 2.31. The Morgan fingerprint density at radius 3 is 2.55 bits per heavy atom. The van der Waals surface area contributed by atoms with E-state index in [1.807, 2.05) is 13.1 Å². The summed E-state index contributed by atoms with van der Waals surface area (Å²) in [7, 11) is 3.75. The predicted octanol–water partition coefficient (Wildman–Crippen LogP) is 4.61. The monoisotopic (exact) mass is 457 g/mol. The SMILES string of the molecule is Cc1nc(N[C@H](C)c2cccc(C(F)F)c2F)c2cc(C3=CCN(C)CC3)n(C)c(=O)c2n1. The van der Waals surface area contributed by atoms with Crippen molar-refractivity contribution in [3.05, 3.63) is 69.2 Å². The van der Waals surface area contributed by atoms with Gasteiger partial charge in [-0.25, -0.2) is 23.1 Å². The molecule has 9 heteroatoms. The van der Waals surface area contributed by atoms with E-state index in [1.165, 1.54) is 12.1 Å². The molecule has 0 spiro atoms.